The van der Waals surface area contributed by atoms with Crippen molar-refractivity contribution in [2.75, 3.05) is 19.6 Å². The van der Waals surface area contributed by atoms with Crippen molar-refractivity contribution in [1.29, 1.82) is 0 Å². The lowest BCUT2D eigenvalue weighted by Crippen LogP contribution is -2.48. The number of nitrogens with one attached hydrogen (secondary N) is 1. The van der Waals surface area contributed by atoms with Crippen LogP contribution in [0.1, 0.15) is 44.9 Å². The van der Waals surface area contributed by atoms with Gasteiger partial charge < -0.3 is 5.32 Å². The van der Waals surface area contributed by atoms with Gasteiger partial charge in [-0.3, -0.25) is 4.90 Å². The Morgan fingerprint density at radius 1 is 0.889 bits per heavy atom. The minimum atomic E-state index is -4.05. The summed E-state index contributed by atoms with van der Waals surface area (Å²) in [5.41, 5.74) is 0. The van der Waals surface area contributed by atoms with Gasteiger partial charge in [-0.1, -0.05) is 19.3 Å². The monoisotopic (exact) mass is 264 g/mol. The second-order valence-electron chi connectivity index (χ2n) is 5.67. The van der Waals surface area contributed by atoms with Crippen molar-refractivity contribution in [3.8, 4) is 0 Å². The highest BCUT2D eigenvalue weighted by Crippen LogP contribution is 2.22. The fraction of sp³-hybridized carbons (Fsp3) is 1.00. The number of likely N-dealkylation sites (tertiary alicyclic amines) is 1. The molecule has 18 heavy (non-hydrogen) atoms. The maximum absolute atomic E-state index is 12.3. The molecule has 1 heterocycles. The van der Waals surface area contributed by atoms with Crippen molar-refractivity contribution in [1.82, 2.24) is 10.2 Å². The lowest BCUT2D eigenvalue weighted by atomic mass is 9.93. The molecule has 0 bridgehead atoms. The van der Waals surface area contributed by atoms with E-state index in [9.17, 15) is 13.2 Å². The molecule has 1 N–H and O–H groups in total. The Morgan fingerprint density at radius 3 is 2.00 bits per heavy atom. The van der Waals surface area contributed by atoms with E-state index in [1.807, 2.05) is 0 Å². The molecule has 0 unspecified atom stereocenters. The lowest BCUT2D eigenvalue weighted by Gasteiger charge is -2.35. The molecule has 0 radical (unpaired) electrons. The topological polar surface area (TPSA) is 15.3 Å². The van der Waals surface area contributed by atoms with Crippen molar-refractivity contribution in [2.24, 2.45) is 0 Å². The van der Waals surface area contributed by atoms with Gasteiger partial charge in [-0.25, -0.2) is 0 Å². The Kier molecular flexibility index (Phi) is 4.90. The molecule has 0 spiro atoms. The summed E-state index contributed by atoms with van der Waals surface area (Å²) in [6.45, 7) is 0.400. The number of hydrogen-bond acceptors (Lipinski definition) is 2. The summed E-state index contributed by atoms with van der Waals surface area (Å²) in [4.78, 5) is 1.53. The number of hydrogen-bond donors (Lipinski definition) is 1. The van der Waals surface area contributed by atoms with E-state index in [0.717, 1.165) is 12.8 Å². The fourth-order valence-electron chi connectivity index (χ4n) is 3.11. The highest BCUT2D eigenvalue weighted by Gasteiger charge is 2.32. The first kappa shape index (κ1) is 14.1. The van der Waals surface area contributed by atoms with Gasteiger partial charge in [-0.15, -0.1) is 0 Å². The van der Waals surface area contributed by atoms with Crippen molar-refractivity contribution < 1.29 is 13.2 Å². The summed E-state index contributed by atoms with van der Waals surface area (Å²) in [6, 6.07) is 1.04. The zero-order valence-electron chi connectivity index (χ0n) is 10.8. The first-order chi connectivity index (χ1) is 8.53. The average molecular weight is 264 g/mol. The molecule has 1 aliphatic heterocycles. The zero-order valence-corrected chi connectivity index (χ0v) is 10.8. The normalized spacial score (nSPS) is 25.5. The molecular formula is C13H23F3N2. The summed E-state index contributed by atoms with van der Waals surface area (Å²) < 4.78 is 36.8. The molecule has 0 aromatic heterocycles. The molecule has 2 fully saturated rings. The van der Waals surface area contributed by atoms with E-state index in [0.29, 0.717) is 25.2 Å². The van der Waals surface area contributed by atoms with Gasteiger partial charge in [0.1, 0.15) is 0 Å². The van der Waals surface area contributed by atoms with E-state index in [1.54, 1.807) is 0 Å². The highest BCUT2D eigenvalue weighted by molar-refractivity contribution is 4.82. The fourth-order valence-corrected chi connectivity index (χ4v) is 3.11. The van der Waals surface area contributed by atoms with Crippen LogP contribution in [0.3, 0.4) is 0 Å². The molecule has 106 valence electrons. The van der Waals surface area contributed by atoms with Gasteiger partial charge in [0.2, 0.25) is 0 Å². The van der Waals surface area contributed by atoms with Crippen LogP contribution < -0.4 is 5.32 Å². The molecule has 0 amide bonds. The molecular weight excluding hydrogens is 241 g/mol. The van der Waals surface area contributed by atoms with Crippen molar-refractivity contribution in [2.45, 2.75) is 63.2 Å². The van der Waals surface area contributed by atoms with Crippen molar-refractivity contribution >= 4 is 0 Å². The predicted molar refractivity (Wildman–Crippen MR) is 65.5 cm³/mol. The van der Waals surface area contributed by atoms with Crippen LogP contribution >= 0.6 is 0 Å². The van der Waals surface area contributed by atoms with Crippen LogP contribution in [0, 0.1) is 0 Å². The largest absolute Gasteiger partial charge is 0.401 e. The van der Waals surface area contributed by atoms with E-state index in [1.165, 1.54) is 37.0 Å². The molecule has 0 aromatic carbocycles. The van der Waals surface area contributed by atoms with E-state index in [4.69, 9.17) is 0 Å². The number of nitrogens with zero attached hydrogens (tertiary/aromatic N) is 1. The lowest BCUT2D eigenvalue weighted by molar-refractivity contribution is -0.148. The summed E-state index contributed by atoms with van der Waals surface area (Å²) >= 11 is 0. The Bertz CT molecular complexity index is 241. The van der Waals surface area contributed by atoms with Crippen LogP contribution in [-0.2, 0) is 0 Å². The molecule has 2 rings (SSSR count). The Morgan fingerprint density at radius 2 is 1.44 bits per heavy atom. The molecule has 2 aliphatic rings. The molecule has 2 nitrogen and oxygen atoms in total. The Hall–Kier alpha value is -0.290. The van der Waals surface area contributed by atoms with Gasteiger partial charge in [-0.2, -0.15) is 13.2 Å². The molecule has 1 saturated heterocycles. The molecule has 1 saturated carbocycles. The van der Waals surface area contributed by atoms with Crippen LogP contribution in [0.4, 0.5) is 13.2 Å². The summed E-state index contributed by atoms with van der Waals surface area (Å²) in [5, 5.41) is 3.63. The molecule has 5 heteroatoms. The van der Waals surface area contributed by atoms with E-state index >= 15 is 0 Å². The van der Waals surface area contributed by atoms with Crippen LogP contribution in [0.5, 0.6) is 0 Å². The van der Waals surface area contributed by atoms with Gasteiger partial charge in [-0.05, 0) is 38.8 Å². The predicted octanol–water partition coefficient (Wildman–Crippen LogP) is 2.94. The second-order valence-corrected chi connectivity index (χ2v) is 5.67. The van der Waals surface area contributed by atoms with Gasteiger partial charge in [0.15, 0.2) is 0 Å². The SMILES string of the molecule is FC(F)(F)CN1CCC(NC2CCCCC2)CC1. The minimum Gasteiger partial charge on any atom is -0.311 e. The molecule has 1 aliphatic carbocycles. The first-order valence-electron chi connectivity index (χ1n) is 7.08. The Labute approximate surface area is 107 Å². The number of piperidine rings is 1. The van der Waals surface area contributed by atoms with Crippen LogP contribution in [0.2, 0.25) is 0 Å². The highest BCUT2D eigenvalue weighted by atomic mass is 19.4. The number of alkyl halides is 3. The second kappa shape index (κ2) is 6.24. The zero-order chi connectivity index (χ0) is 13.0. The van der Waals surface area contributed by atoms with Gasteiger partial charge >= 0.3 is 6.18 Å². The Balaban J connectivity index is 1.66. The maximum Gasteiger partial charge on any atom is 0.401 e. The van der Waals surface area contributed by atoms with E-state index in [2.05, 4.69) is 5.32 Å². The third-order valence-electron chi connectivity index (χ3n) is 4.07. The van der Waals surface area contributed by atoms with Crippen LogP contribution in [0.15, 0.2) is 0 Å². The van der Waals surface area contributed by atoms with Gasteiger partial charge in [0.05, 0.1) is 6.54 Å². The van der Waals surface area contributed by atoms with E-state index in [-0.39, 0.29) is 0 Å². The average Bonchev–Trinajstić information content (AvgIpc) is 2.31. The standard InChI is InChI=1S/C13H23F3N2/c14-13(15,16)10-18-8-6-12(7-9-18)17-11-4-2-1-3-5-11/h11-12,17H,1-10H2. The number of rotatable bonds is 3. The smallest absolute Gasteiger partial charge is 0.311 e. The summed E-state index contributed by atoms with van der Waals surface area (Å²) in [6.07, 6.45) is 4.06. The van der Waals surface area contributed by atoms with Crippen molar-refractivity contribution in [3.05, 3.63) is 0 Å². The first-order valence-corrected chi connectivity index (χ1v) is 7.08. The van der Waals surface area contributed by atoms with Gasteiger partial charge in [0.25, 0.3) is 0 Å². The molecule has 0 atom stereocenters. The third-order valence-corrected chi connectivity index (χ3v) is 4.07. The van der Waals surface area contributed by atoms with Crippen LogP contribution in [0.25, 0.3) is 0 Å². The maximum atomic E-state index is 12.3. The minimum absolute atomic E-state index is 0.428. The summed E-state index contributed by atoms with van der Waals surface area (Å²) in [7, 11) is 0. The molecule has 0 aromatic rings. The summed E-state index contributed by atoms with van der Waals surface area (Å²) in [5.74, 6) is 0. The quantitative estimate of drug-likeness (QED) is 0.843. The van der Waals surface area contributed by atoms with E-state index < -0.39 is 12.7 Å². The van der Waals surface area contributed by atoms with Crippen LogP contribution in [-0.4, -0.2) is 42.8 Å². The van der Waals surface area contributed by atoms with Crippen molar-refractivity contribution in [3.63, 3.8) is 0 Å². The third kappa shape index (κ3) is 4.76. The number of halogens is 3. The van der Waals surface area contributed by atoms with Gasteiger partial charge in [0, 0.05) is 12.1 Å².